The molecule has 3 fully saturated rings. The number of hydrogen-bond acceptors (Lipinski definition) is 4. The molecule has 1 aromatic rings. The van der Waals surface area contributed by atoms with Crippen LogP contribution in [0.1, 0.15) is 42.7 Å². The molecule has 5 nitrogen and oxygen atoms in total. The van der Waals surface area contributed by atoms with E-state index in [4.69, 9.17) is 13.9 Å². The number of amides is 1. The molecule has 2 saturated heterocycles. The number of carbonyl (C=O) groups is 1. The van der Waals surface area contributed by atoms with Crippen molar-refractivity contribution in [2.45, 2.75) is 43.8 Å². The fourth-order valence-electron chi connectivity index (χ4n) is 3.58. The van der Waals surface area contributed by atoms with Crippen LogP contribution in [0.2, 0.25) is 0 Å². The summed E-state index contributed by atoms with van der Waals surface area (Å²) in [4.78, 5) is 14.3. The van der Waals surface area contributed by atoms with Gasteiger partial charge in [-0.2, -0.15) is 0 Å². The molecule has 3 aliphatic rings. The van der Waals surface area contributed by atoms with Gasteiger partial charge in [-0.1, -0.05) is 0 Å². The lowest BCUT2D eigenvalue weighted by Crippen LogP contribution is -2.50. The molecule has 5 heteroatoms. The molecule has 0 radical (unpaired) electrons. The summed E-state index contributed by atoms with van der Waals surface area (Å²) in [6, 6.07) is 3.47. The Labute approximate surface area is 130 Å². The van der Waals surface area contributed by atoms with Gasteiger partial charge in [-0.05, 0) is 43.7 Å². The van der Waals surface area contributed by atoms with Crippen LogP contribution in [0.15, 0.2) is 22.8 Å². The quantitative estimate of drug-likeness (QED) is 0.857. The predicted molar refractivity (Wildman–Crippen MR) is 79.6 cm³/mol. The number of ether oxygens (including phenoxy) is 2. The number of furan rings is 1. The van der Waals surface area contributed by atoms with Gasteiger partial charge in [0.1, 0.15) is 0 Å². The lowest BCUT2D eigenvalue weighted by atomic mass is 9.89. The van der Waals surface area contributed by atoms with Gasteiger partial charge >= 0.3 is 0 Å². The molecule has 1 aromatic heterocycles. The highest BCUT2D eigenvalue weighted by Gasteiger charge is 2.45. The maximum Gasteiger partial charge on any atom is 0.289 e. The molecule has 0 unspecified atom stereocenters. The standard InChI is InChI=1S/C17H23NO4/c19-16(15-3-1-8-20-15)18-7-2-6-17(12-18)9-14(11-22-17)21-10-13-4-5-13/h1,3,8,13-14H,2,4-7,9-12H2/t14-,17-/m0/s1. The third kappa shape index (κ3) is 2.92. The van der Waals surface area contributed by atoms with Gasteiger partial charge in [0, 0.05) is 19.6 Å². The highest BCUT2D eigenvalue weighted by molar-refractivity contribution is 5.91. The smallest absolute Gasteiger partial charge is 0.289 e. The molecule has 1 aliphatic carbocycles. The molecule has 120 valence electrons. The van der Waals surface area contributed by atoms with E-state index in [-0.39, 0.29) is 17.6 Å². The Morgan fingerprint density at radius 2 is 2.36 bits per heavy atom. The summed E-state index contributed by atoms with van der Waals surface area (Å²) in [5, 5.41) is 0. The minimum atomic E-state index is -0.214. The van der Waals surface area contributed by atoms with Crippen molar-refractivity contribution in [1.29, 1.82) is 0 Å². The molecule has 2 aliphatic heterocycles. The third-order valence-electron chi connectivity index (χ3n) is 5.00. The maximum absolute atomic E-state index is 12.5. The van der Waals surface area contributed by atoms with Gasteiger partial charge in [-0.25, -0.2) is 0 Å². The summed E-state index contributed by atoms with van der Waals surface area (Å²) in [6.07, 6.45) is 7.25. The van der Waals surface area contributed by atoms with Gasteiger partial charge in [0.2, 0.25) is 0 Å². The number of rotatable bonds is 4. The van der Waals surface area contributed by atoms with Crippen LogP contribution in [0.3, 0.4) is 0 Å². The van der Waals surface area contributed by atoms with Gasteiger partial charge < -0.3 is 18.8 Å². The Morgan fingerprint density at radius 3 is 3.14 bits per heavy atom. The summed E-state index contributed by atoms with van der Waals surface area (Å²) >= 11 is 0. The summed E-state index contributed by atoms with van der Waals surface area (Å²) in [5.74, 6) is 1.16. The van der Waals surface area contributed by atoms with E-state index in [2.05, 4.69) is 0 Å². The van der Waals surface area contributed by atoms with Crippen LogP contribution in [0.5, 0.6) is 0 Å². The number of nitrogens with zero attached hydrogens (tertiary/aromatic N) is 1. The Morgan fingerprint density at radius 1 is 1.45 bits per heavy atom. The van der Waals surface area contributed by atoms with Crippen molar-refractivity contribution in [3.8, 4) is 0 Å². The van der Waals surface area contributed by atoms with Crippen LogP contribution in [0.25, 0.3) is 0 Å². The van der Waals surface area contributed by atoms with Crippen molar-refractivity contribution < 1.29 is 18.7 Å². The zero-order chi connectivity index (χ0) is 15.0. The molecule has 3 heterocycles. The Bertz CT molecular complexity index is 525. The second kappa shape index (κ2) is 5.70. The second-order valence-electron chi connectivity index (χ2n) is 6.90. The van der Waals surface area contributed by atoms with Crippen LogP contribution >= 0.6 is 0 Å². The lowest BCUT2D eigenvalue weighted by Gasteiger charge is -2.39. The normalized spacial score (nSPS) is 31.8. The first-order valence-corrected chi connectivity index (χ1v) is 8.32. The summed E-state index contributed by atoms with van der Waals surface area (Å²) in [6.45, 7) is 2.96. The molecular weight excluding hydrogens is 282 g/mol. The van der Waals surface area contributed by atoms with Crippen molar-refractivity contribution in [3.63, 3.8) is 0 Å². The number of carbonyl (C=O) groups excluding carboxylic acids is 1. The van der Waals surface area contributed by atoms with E-state index in [0.29, 0.717) is 18.9 Å². The van der Waals surface area contributed by atoms with Gasteiger partial charge in [0.05, 0.1) is 31.1 Å². The van der Waals surface area contributed by atoms with Crippen molar-refractivity contribution >= 4 is 5.91 Å². The van der Waals surface area contributed by atoms with Crippen LogP contribution in [0, 0.1) is 5.92 Å². The summed E-state index contributed by atoms with van der Waals surface area (Å²) in [7, 11) is 0. The lowest BCUT2D eigenvalue weighted by molar-refractivity contribution is -0.0470. The van der Waals surface area contributed by atoms with E-state index in [9.17, 15) is 4.79 Å². The average Bonchev–Trinajstić information content (AvgIpc) is 3.05. The topological polar surface area (TPSA) is 51.9 Å². The first kappa shape index (κ1) is 14.3. The minimum Gasteiger partial charge on any atom is -0.459 e. The Kier molecular flexibility index (Phi) is 3.70. The molecule has 1 amide bonds. The summed E-state index contributed by atoms with van der Waals surface area (Å²) < 4.78 is 17.3. The molecule has 2 atom stereocenters. The van der Waals surface area contributed by atoms with E-state index in [1.54, 1.807) is 18.4 Å². The van der Waals surface area contributed by atoms with E-state index in [1.807, 2.05) is 4.90 Å². The highest BCUT2D eigenvalue weighted by atomic mass is 16.6. The average molecular weight is 305 g/mol. The van der Waals surface area contributed by atoms with Crippen LogP contribution in [-0.2, 0) is 9.47 Å². The molecule has 0 N–H and O–H groups in total. The molecule has 22 heavy (non-hydrogen) atoms. The molecule has 1 spiro atoms. The number of piperidine rings is 1. The molecular formula is C17H23NO4. The first-order valence-electron chi connectivity index (χ1n) is 8.32. The van der Waals surface area contributed by atoms with Crippen molar-refractivity contribution in [2.24, 2.45) is 5.92 Å². The molecule has 0 aromatic carbocycles. The van der Waals surface area contributed by atoms with Gasteiger partial charge in [0.15, 0.2) is 5.76 Å². The molecule has 1 saturated carbocycles. The second-order valence-corrected chi connectivity index (χ2v) is 6.90. The summed E-state index contributed by atoms with van der Waals surface area (Å²) in [5.41, 5.74) is -0.214. The van der Waals surface area contributed by atoms with Crippen molar-refractivity contribution in [2.75, 3.05) is 26.3 Å². The molecule has 4 rings (SSSR count). The number of hydrogen-bond donors (Lipinski definition) is 0. The minimum absolute atomic E-state index is 0.0324. The fraction of sp³-hybridized carbons (Fsp3) is 0.706. The van der Waals surface area contributed by atoms with E-state index in [1.165, 1.54) is 12.8 Å². The highest BCUT2D eigenvalue weighted by Crippen LogP contribution is 2.37. The molecule has 0 bridgehead atoms. The van der Waals surface area contributed by atoms with Gasteiger partial charge in [-0.15, -0.1) is 0 Å². The predicted octanol–water partition coefficient (Wildman–Crippen LogP) is 2.47. The Hall–Kier alpha value is -1.33. The number of likely N-dealkylation sites (tertiary alicyclic amines) is 1. The van der Waals surface area contributed by atoms with Crippen LogP contribution in [-0.4, -0.2) is 48.8 Å². The largest absolute Gasteiger partial charge is 0.459 e. The SMILES string of the molecule is O=C(c1ccco1)N1CCC[C@]2(C[C@H](OCC3CC3)CO2)C1. The van der Waals surface area contributed by atoms with E-state index < -0.39 is 0 Å². The van der Waals surface area contributed by atoms with Crippen LogP contribution in [0.4, 0.5) is 0 Å². The van der Waals surface area contributed by atoms with Gasteiger partial charge in [-0.3, -0.25) is 4.79 Å². The van der Waals surface area contributed by atoms with Crippen molar-refractivity contribution in [1.82, 2.24) is 4.90 Å². The van der Waals surface area contributed by atoms with Crippen molar-refractivity contribution in [3.05, 3.63) is 24.2 Å². The monoisotopic (exact) mass is 305 g/mol. The third-order valence-corrected chi connectivity index (χ3v) is 5.00. The first-order chi connectivity index (χ1) is 10.7. The van der Waals surface area contributed by atoms with Crippen LogP contribution < -0.4 is 0 Å². The van der Waals surface area contributed by atoms with Gasteiger partial charge in [0.25, 0.3) is 5.91 Å². The zero-order valence-corrected chi connectivity index (χ0v) is 12.8. The zero-order valence-electron chi connectivity index (χ0n) is 12.8. The maximum atomic E-state index is 12.5. The van der Waals surface area contributed by atoms with E-state index in [0.717, 1.165) is 38.3 Å². The van der Waals surface area contributed by atoms with E-state index >= 15 is 0 Å². The fourth-order valence-corrected chi connectivity index (χ4v) is 3.58. The Balaban J connectivity index is 1.37.